The maximum Gasteiger partial charge on any atom is 0.164 e. The molecule has 7 aromatic carbocycles. The maximum absolute atomic E-state index is 6.51. The van der Waals surface area contributed by atoms with Crippen LogP contribution >= 0.6 is 0 Å². The van der Waals surface area contributed by atoms with E-state index in [2.05, 4.69) is 84.9 Å². The van der Waals surface area contributed by atoms with Crippen LogP contribution in [-0.2, 0) is 0 Å². The van der Waals surface area contributed by atoms with Crippen LogP contribution in [0.2, 0.25) is 0 Å². The Labute approximate surface area is 274 Å². The minimum absolute atomic E-state index is 0.572. The summed E-state index contributed by atoms with van der Waals surface area (Å²) in [5.41, 5.74) is 8.20. The van der Waals surface area contributed by atoms with Crippen molar-refractivity contribution in [2.24, 2.45) is 0 Å². The molecule has 0 bridgehead atoms. The summed E-state index contributed by atoms with van der Waals surface area (Å²) in [5, 5.41) is 6.70. The molecule has 5 heteroatoms. The summed E-state index contributed by atoms with van der Waals surface area (Å²) >= 11 is 0. The summed E-state index contributed by atoms with van der Waals surface area (Å²) in [7, 11) is 0. The first-order valence-corrected chi connectivity index (χ1v) is 15.9. The zero-order valence-corrected chi connectivity index (χ0v) is 25.6. The number of nitrogens with zero attached hydrogens (tertiary/aromatic N) is 3. The molecule has 10 rings (SSSR count). The summed E-state index contributed by atoms with van der Waals surface area (Å²) in [6.45, 7) is 0. The highest BCUT2D eigenvalue weighted by molar-refractivity contribution is 6.08. The fourth-order valence-electron chi connectivity index (χ4n) is 6.78. The van der Waals surface area contributed by atoms with Crippen LogP contribution in [0.25, 0.3) is 99.9 Å². The normalized spacial score (nSPS) is 11.8. The monoisotopic (exact) mass is 615 g/mol. The molecule has 5 nitrogen and oxygen atoms in total. The van der Waals surface area contributed by atoms with Gasteiger partial charge in [-0.1, -0.05) is 109 Å². The molecule has 0 N–H and O–H groups in total. The van der Waals surface area contributed by atoms with E-state index in [1.807, 2.05) is 66.7 Å². The number of para-hydroxylation sites is 1. The van der Waals surface area contributed by atoms with E-state index in [4.69, 9.17) is 23.8 Å². The van der Waals surface area contributed by atoms with E-state index in [1.54, 1.807) is 0 Å². The summed E-state index contributed by atoms with van der Waals surface area (Å²) in [4.78, 5) is 14.9. The van der Waals surface area contributed by atoms with Gasteiger partial charge < -0.3 is 8.83 Å². The van der Waals surface area contributed by atoms with Crippen molar-refractivity contribution < 1.29 is 8.83 Å². The van der Waals surface area contributed by atoms with E-state index < -0.39 is 0 Å². The van der Waals surface area contributed by atoms with Crippen molar-refractivity contribution in [1.82, 2.24) is 15.0 Å². The van der Waals surface area contributed by atoms with Crippen LogP contribution in [0.3, 0.4) is 0 Å². The minimum atomic E-state index is 0.572. The molecule has 224 valence electrons. The smallest absolute Gasteiger partial charge is 0.164 e. The number of fused-ring (bicyclic) bond motifs is 7. The van der Waals surface area contributed by atoms with Crippen LogP contribution in [0, 0.1) is 0 Å². The van der Waals surface area contributed by atoms with Gasteiger partial charge in [-0.2, -0.15) is 0 Å². The van der Waals surface area contributed by atoms with E-state index in [9.17, 15) is 0 Å². The third-order valence-electron chi connectivity index (χ3n) is 9.14. The van der Waals surface area contributed by atoms with Gasteiger partial charge in [0, 0.05) is 38.2 Å². The lowest BCUT2D eigenvalue weighted by atomic mass is 9.97. The Morgan fingerprint density at radius 2 is 0.792 bits per heavy atom. The molecular weight excluding hydrogens is 590 g/mol. The largest absolute Gasteiger partial charge is 0.456 e. The Morgan fingerprint density at radius 1 is 0.312 bits per heavy atom. The zero-order chi connectivity index (χ0) is 31.6. The molecule has 0 aliphatic rings. The number of aromatic nitrogens is 3. The molecule has 0 amide bonds. The highest BCUT2D eigenvalue weighted by Crippen LogP contribution is 2.37. The molecule has 0 atom stereocenters. The van der Waals surface area contributed by atoms with Crippen LogP contribution in [0.1, 0.15) is 0 Å². The summed E-state index contributed by atoms with van der Waals surface area (Å²) in [6, 6.07) is 51.8. The number of hydrogen-bond acceptors (Lipinski definition) is 5. The molecule has 3 aromatic heterocycles. The number of rotatable bonds is 4. The topological polar surface area (TPSA) is 65.0 Å². The summed E-state index contributed by atoms with van der Waals surface area (Å²) in [6.07, 6.45) is 0. The first kappa shape index (κ1) is 26.6. The average Bonchev–Trinajstić information content (AvgIpc) is 3.71. The molecule has 10 aromatic rings. The second kappa shape index (κ2) is 10.5. The van der Waals surface area contributed by atoms with Gasteiger partial charge in [0.05, 0.1) is 0 Å². The highest BCUT2D eigenvalue weighted by Gasteiger charge is 2.17. The first-order valence-electron chi connectivity index (χ1n) is 15.9. The minimum Gasteiger partial charge on any atom is -0.456 e. The molecule has 3 heterocycles. The molecule has 0 saturated carbocycles. The fraction of sp³-hybridized carbons (Fsp3) is 0. The Balaban J connectivity index is 1.11. The van der Waals surface area contributed by atoms with Gasteiger partial charge in [-0.3, -0.25) is 0 Å². The van der Waals surface area contributed by atoms with Crippen molar-refractivity contribution >= 4 is 54.6 Å². The zero-order valence-electron chi connectivity index (χ0n) is 25.6. The van der Waals surface area contributed by atoms with E-state index >= 15 is 0 Å². The molecule has 0 saturated heterocycles. The van der Waals surface area contributed by atoms with Crippen molar-refractivity contribution in [3.63, 3.8) is 0 Å². The van der Waals surface area contributed by atoms with Gasteiger partial charge in [-0.05, 0) is 64.4 Å². The van der Waals surface area contributed by atoms with Crippen molar-refractivity contribution in [1.29, 1.82) is 0 Å². The number of furan rings is 2. The van der Waals surface area contributed by atoms with Gasteiger partial charge in [0.25, 0.3) is 0 Å². The number of hydrogen-bond donors (Lipinski definition) is 0. The SMILES string of the molecule is c1ccc(-c2nc(-c3ccc4c(c3)oc3ccccc34)nc(-c3ccc4c(c3)oc3cc(-c5cccc6ccccc56)ccc34)n2)cc1. The Bertz CT molecular complexity index is 2840. The quantitative estimate of drug-likeness (QED) is 0.197. The molecule has 0 radical (unpaired) electrons. The second-order valence-corrected chi connectivity index (χ2v) is 12.0. The average molecular weight is 616 g/mol. The fourth-order valence-corrected chi connectivity index (χ4v) is 6.78. The van der Waals surface area contributed by atoms with Gasteiger partial charge in [-0.25, -0.2) is 15.0 Å². The van der Waals surface area contributed by atoms with Gasteiger partial charge >= 0.3 is 0 Å². The third kappa shape index (κ3) is 4.29. The van der Waals surface area contributed by atoms with Gasteiger partial charge in [-0.15, -0.1) is 0 Å². The van der Waals surface area contributed by atoms with E-state index in [0.29, 0.717) is 17.5 Å². The summed E-state index contributed by atoms with van der Waals surface area (Å²) < 4.78 is 12.7. The van der Waals surface area contributed by atoms with E-state index in [1.165, 1.54) is 16.3 Å². The Morgan fingerprint density at radius 3 is 1.48 bits per heavy atom. The summed E-state index contributed by atoms with van der Waals surface area (Å²) in [5.74, 6) is 1.75. The van der Waals surface area contributed by atoms with Crippen LogP contribution in [0.15, 0.2) is 160 Å². The van der Waals surface area contributed by atoms with Crippen LogP contribution in [-0.4, -0.2) is 15.0 Å². The van der Waals surface area contributed by atoms with Gasteiger partial charge in [0.1, 0.15) is 22.3 Å². The lowest BCUT2D eigenvalue weighted by molar-refractivity contribution is 0.669. The molecule has 0 unspecified atom stereocenters. The standard InChI is InChI=1S/C43H25N3O2/c1-2-10-27(11-3-1)41-44-42(29-18-21-34-33-14-6-7-16-37(33)47-39(34)24-29)46-43(45-41)30-19-22-36-35-20-17-28(23-38(35)48-40(36)25-30)32-15-8-12-26-9-4-5-13-31(26)32/h1-25H. The molecule has 0 aliphatic carbocycles. The molecule has 0 spiro atoms. The van der Waals surface area contributed by atoms with Crippen molar-refractivity contribution in [3.05, 3.63) is 152 Å². The lowest BCUT2D eigenvalue weighted by Crippen LogP contribution is -2.00. The van der Waals surface area contributed by atoms with Crippen LogP contribution < -0.4 is 0 Å². The molecular formula is C43H25N3O2. The van der Waals surface area contributed by atoms with Gasteiger partial charge in [0.2, 0.25) is 0 Å². The lowest BCUT2D eigenvalue weighted by Gasteiger charge is -2.08. The predicted molar refractivity (Wildman–Crippen MR) is 194 cm³/mol. The van der Waals surface area contributed by atoms with Crippen molar-refractivity contribution in [3.8, 4) is 45.3 Å². The van der Waals surface area contributed by atoms with Crippen molar-refractivity contribution in [2.45, 2.75) is 0 Å². The van der Waals surface area contributed by atoms with Crippen molar-refractivity contribution in [2.75, 3.05) is 0 Å². The van der Waals surface area contributed by atoms with Crippen LogP contribution in [0.5, 0.6) is 0 Å². The first-order chi connectivity index (χ1) is 23.7. The number of benzene rings is 7. The predicted octanol–water partition coefficient (Wildman–Crippen LogP) is 11.5. The highest BCUT2D eigenvalue weighted by atomic mass is 16.3. The Kier molecular flexibility index (Phi) is 5.81. The third-order valence-corrected chi connectivity index (χ3v) is 9.14. The maximum atomic E-state index is 6.51. The van der Waals surface area contributed by atoms with Gasteiger partial charge in [0.15, 0.2) is 17.5 Å². The van der Waals surface area contributed by atoms with Crippen LogP contribution in [0.4, 0.5) is 0 Å². The molecule has 0 fully saturated rings. The second-order valence-electron chi connectivity index (χ2n) is 12.0. The molecule has 0 aliphatic heterocycles. The van der Waals surface area contributed by atoms with E-state index in [-0.39, 0.29) is 0 Å². The van der Waals surface area contributed by atoms with E-state index in [0.717, 1.165) is 66.1 Å². The Hall–Kier alpha value is -6.59. The molecule has 48 heavy (non-hydrogen) atoms.